The van der Waals surface area contributed by atoms with E-state index in [9.17, 15) is 4.48 Å². The Hall–Kier alpha value is -1.49. The second-order valence-corrected chi connectivity index (χ2v) is 0.544. The van der Waals surface area contributed by atoms with E-state index < -0.39 is 0 Å². The van der Waals surface area contributed by atoms with Crippen molar-refractivity contribution in [1.29, 1.82) is 0 Å². The molecule has 0 heterocycles. The number of halogens is 1. The Morgan fingerprint density at radius 3 is 2.50 bits per heavy atom. The molecule has 0 unspecified atom stereocenters. The van der Waals surface area contributed by atoms with Gasteiger partial charge in [0.05, 0.1) is 0 Å². The summed E-state index contributed by atoms with van der Waals surface area (Å²) in [7, 11) is 0. The van der Waals surface area contributed by atoms with Crippen LogP contribution in [0.2, 0.25) is 0 Å². The highest BCUT2D eigenvalue weighted by atomic mass is 19.2. The van der Waals surface area contributed by atoms with Gasteiger partial charge in [-0.1, -0.05) is 4.48 Å². The van der Waals surface area contributed by atoms with Crippen LogP contribution in [-0.2, 0) is 0 Å². The van der Waals surface area contributed by atoms with Crippen molar-refractivity contribution in [2.45, 2.75) is 0 Å². The molecule has 0 aliphatic heterocycles. The van der Waals surface area contributed by atoms with Crippen molar-refractivity contribution in [3.63, 3.8) is 0 Å². The van der Waals surface area contributed by atoms with Crippen LogP contribution >= 0.6 is 0 Å². The van der Waals surface area contributed by atoms with Gasteiger partial charge < -0.3 is 5.41 Å². The van der Waals surface area contributed by atoms with E-state index in [1.165, 1.54) is 6.01 Å². The summed E-state index contributed by atoms with van der Waals surface area (Å²) in [6.07, 6.45) is 0. The predicted molar refractivity (Wildman–Crippen MR) is 21.6 cm³/mol. The van der Waals surface area contributed by atoms with Crippen LogP contribution in [-0.4, -0.2) is 6.01 Å². The lowest BCUT2D eigenvalue weighted by atomic mass is 11.6. The second-order valence-electron chi connectivity index (χ2n) is 0.544. The van der Waals surface area contributed by atoms with Crippen LogP contribution in [0.4, 0.5) is 4.48 Å². The zero-order valence-electron chi connectivity index (χ0n) is 3.56. The van der Waals surface area contributed by atoms with Crippen LogP contribution in [0.3, 0.4) is 0 Å². The Balaban J connectivity index is 3.50. The Morgan fingerprint density at radius 2 is 2.00 bits per heavy atom. The molecule has 0 bridgehead atoms. The molecule has 7 heteroatoms. The summed E-state index contributed by atoms with van der Waals surface area (Å²) in [5.41, 5.74) is 0. The summed E-state index contributed by atoms with van der Waals surface area (Å²) in [5, 5.41) is 19.6. The summed E-state index contributed by atoms with van der Waals surface area (Å²) in [5.74, 6) is 0. The first-order valence-corrected chi connectivity index (χ1v) is 1.42. The SMILES string of the molecule is [N-]=C=N/N=N/N=N/F. The lowest BCUT2D eigenvalue weighted by Crippen LogP contribution is -1.44. The highest BCUT2D eigenvalue weighted by Crippen LogP contribution is 1.78. The van der Waals surface area contributed by atoms with E-state index in [2.05, 4.69) is 20.8 Å². The molecule has 6 nitrogen and oxygen atoms in total. The molecule has 0 radical (unpaired) electrons. The summed E-state index contributed by atoms with van der Waals surface area (Å²) in [6, 6.07) is 1.27. The van der Waals surface area contributed by atoms with Gasteiger partial charge in [0.2, 0.25) is 0 Å². The molecule has 0 saturated heterocycles. The van der Waals surface area contributed by atoms with Gasteiger partial charge in [0.15, 0.2) is 0 Å². The first kappa shape index (κ1) is 6.51. The summed E-state index contributed by atoms with van der Waals surface area (Å²) in [6.45, 7) is 0. The van der Waals surface area contributed by atoms with Gasteiger partial charge in [-0.3, -0.25) is 5.10 Å². The summed E-state index contributed by atoms with van der Waals surface area (Å²) < 4.78 is 10.6. The molecule has 0 fully saturated rings. The lowest BCUT2D eigenvalue weighted by molar-refractivity contribution is 0.475. The topological polar surface area (TPSA) is 84.1 Å². The highest BCUT2D eigenvalue weighted by molar-refractivity contribution is 5.44. The molecule has 8 heavy (non-hydrogen) atoms. The molecule has 0 aliphatic carbocycles. The van der Waals surface area contributed by atoms with Crippen molar-refractivity contribution >= 4 is 6.01 Å². The van der Waals surface area contributed by atoms with Crippen molar-refractivity contribution in [2.24, 2.45) is 26.1 Å². The van der Waals surface area contributed by atoms with E-state index in [0.29, 0.717) is 0 Å². The molecule has 0 aliphatic rings. The van der Waals surface area contributed by atoms with Crippen molar-refractivity contribution in [3.05, 3.63) is 5.41 Å². The fraction of sp³-hybridized carbons (Fsp3) is 0. The lowest BCUT2D eigenvalue weighted by Gasteiger charge is -1.70. The Labute approximate surface area is 43.3 Å². The van der Waals surface area contributed by atoms with E-state index in [0.717, 1.165) is 0 Å². The molecule has 0 amide bonds. The third kappa shape index (κ3) is 4.51. The van der Waals surface area contributed by atoms with Gasteiger partial charge in [-0.05, 0) is 5.22 Å². The second kappa shape index (κ2) is 5.51. The first-order valence-electron chi connectivity index (χ1n) is 1.42. The average molecular weight is 115 g/mol. The number of hydrogen-bond acceptors (Lipinski definition) is 2. The van der Waals surface area contributed by atoms with Crippen molar-refractivity contribution in [1.82, 2.24) is 0 Å². The third-order valence-corrected chi connectivity index (χ3v) is 0.203. The van der Waals surface area contributed by atoms with E-state index in [1.807, 2.05) is 0 Å². The van der Waals surface area contributed by atoms with Crippen molar-refractivity contribution < 1.29 is 4.48 Å². The van der Waals surface area contributed by atoms with E-state index >= 15 is 0 Å². The molecule has 0 saturated carbocycles. The van der Waals surface area contributed by atoms with Gasteiger partial charge in [-0.25, -0.2) is 0 Å². The largest absolute Gasteiger partial charge is 0.421 e. The molecule has 0 spiro atoms. The van der Waals surface area contributed by atoms with E-state index in [4.69, 9.17) is 5.41 Å². The molecule has 0 aromatic rings. The Kier molecular flexibility index (Phi) is 4.48. The van der Waals surface area contributed by atoms with E-state index in [1.54, 1.807) is 5.34 Å². The zero-order valence-corrected chi connectivity index (χ0v) is 3.56. The predicted octanol–water partition coefficient (Wildman–Crippen LogP) is 1.35. The molecular formula is CFN6-. The van der Waals surface area contributed by atoms with E-state index in [-0.39, 0.29) is 0 Å². The fourth-order valence-electron chi connectivity index (χ4n) is 0.0730. The van der Waals surface area contributed by atoms with Crippen LogP contribution in [0.15, 0.2) is 26.1 Å². The normalized spacial score (nSPS) is 10.1. The molecular weight excluding hydrogens is 115 g/mol. The number of nitrogens with zero attached hydrogens (tertiary/aromatic N) is 6. The Morgan fingerprint density at radius 1 is 1.25 bits per heavy atom. The first-order chi connectivity index (χ1) is 3.91. The zero-order chi connectivity index (χ0) is 6.24. The highest BCUT2D eigenvalue weighted by Gasteiger charge is 1.54. The molecule has 42 valence electrons. The van der Waals surface area contributed by atoms with Crippen LogP contribution < -0.4 is 0 Å². The van der Waals surface area contributed by atoms with Crippen molar-refractivity contribution in [3.8, 4) is 0 Å². The molecule has 0 N–H and O–H groups in total. The maximum absolute atomic E-state index is 10.6. The van der Waals surface area contributed by atoms with Gasteiger partial charge in [-0.15, -0.1) is 11.2 Å². The van der Waals surface area contributed by atoms with Gasteiger partial charge in [-0.2, -0.15) is 0 Å². The minimum absolute atomic E-state index is 1.27. The van der Waals surface area contributed by atoms with Crippen LogP contribution in [0, 0.1) is 0 Å². The van der Waals surface area contributed by atoms with Gasteiger partial charge >= 0.3 is 0 Å². The van der Waals surface area contributed by atoms with Crippen LogP contribution in [0.1, 0.15) is 0 Å². The number of rotatable bonds is 2. The molecule has 0 aromatic carbocycles. The smallest absolute Gasteiger partial charge is 0.0435 e. The maximum Gasteiger partial charge on any atom is 0.0435 e. The monoisotopic (exact) mass is 115 g/mol. The molecule has 0 atom stereocenters. The average Bonchev–Trinajstić information content (AvgIpc) is 1.81. The molecule has 0 rings (SSSR count). The maximum atomic E-state index is 10.6. The van der Waals surface area contributed by atoms with Crippen LogP contribution in [0.25, 0.3) is 5.41 Å². The third-order valence-electron chi connectivity index (χ3n) is 0.203. The quantitative estimate of drug-likeness (QED) is 0.295. The van der Waals surface area contributed by atoms with Gasteiger partial charge in [0.1, 0.15) is 0 Å². The minimum atomic E-state index is 1.27. The minimum Gasteiger partial charge on any atom is -0.421 e. The van der Waals surface area contributed by atoms with Gasteiger partial charge in [0.25, 0.3) is 0 Å². The number of hydrogen-bond donors (Lipinski definition) is 0. The van der Waals surface area contributed by atoms with Crippen LogP contribution in [0.5, 0.6) is 0 Å². The van der Waals surface area contributed by atoms with Crippen molar-refractivity contribution in [2.75, 3.05) is 0 Å². The summed E-state index contributed by atoms with van der Waals surface area (Å²) in [4.78, 5) is 0. The molecule has 0 aromatic heterocycles. The standard InChI is InChI=1S/CFN6/c2-5-7-8-6-4-1-3/q-1/b7-5+,8-6+. The van der Waals surface area contributed by atoms with Gasteiger partial charge in [0, 0.05) is 10.6 Å². The Bertz CT molecular complexity index is 141. The summed E-state index contributed by atoms with van der Waals surface area (Å²) >= 11 is 0. The fourth-order valence-corrected chi connectivity index (χ4v) is 0.0730.